The monoisotopic (exact) mass is 260 g/mol. The number of benzene rings is 1. The lowest BCUT2D eigenvalue weighted by atomic mass is 10.1. The van der Waals surface area contributed by atoms with Crippen LogP contribution < -0.4 is 10.6 Å². The number of nitrogens with zero attached hydrogens (tertiary/aromatic N) is 1. The molecule has 0 amide bonds. The van der Waals surface area contributed by atoms with Gasteiger partial charge in [0.1, 0.15) is 0 Å². The molecule has 2 aromatic rings. The van der Waals surface area contributed by atoms with Gasteiger partial charge in [0.25, 0.3) is 0 Å². The van der Waals surface area contributed by atoms with Crippen LogP contribution in [0, 0.1) is 13.8 Å². The van der Waals surface area contributed by atoms with Gasteiger partial charge >= 0.3 is 0 Å². The average molecular weight is 260 g/mol. The summed E-state index contributed by atoms with van der Waals surface area (Å²) in [6.45, 7) is 4.89. The Morgan fingerprint density at radius 1 is 1.22 bits per heavy atom. The summed E-state index contributed by atoms with van der Waals surface area (Å²) in [6, 6.07) is 9.02. The third-order valence-corrected chi connectivity index (χ3v) is 3.93. The standard InChI is InChI=1S/C15H20N2S/c1-11-6-12(2)8-14(7-11)17(3)15(9-16)13-4-5-18-10-13/h4-8,10,15H,9,16H2,1-3H3. The summed E-state index contributed by atoms with van der Waals surface area (Å²) >= 11 is 1.72. The third-order valence-electron chi connectivity index (χ3n) is 3.23. The number of nitrogens with two attached hydrogens (primary N) is 1. The molecule has 0 saturated heterocycles. The number of hydrogen-bond acceptors (Lipinski definition) is 3. The number of anilines is 1. The highest BCUT2D eigenvalue weighted by Crippen LogP contribution is 2.27. The van der Waals surface area contributed by atoms with Gasteiger partial charge in [-0.25, -0.2) is 0 Å². The second-order valence-corrected chi connectivity index (χ2v) is 5.55. The molecule has 2 nitrogen and oxygen atoms in total. The quantitative estimate of drug-likeness (QED) is 0.911. The summed E-state index contributed by atoms with van der Waals surface area (Å²) in [7, 11) is 2.11. The number of likely N-dealkylation sites (N-methyl/N-ethyl adjacent to an activating group) is 1. The minimum atomic E-state index is 0.248. The lowest BCUT2D eigenvalue weighted by Crippen LogP contribution is -2.30. The van der Waals surface area contributed by atoms with Gasteiger partial charge in [0.15, 0.2) is 0 Å². The Kier molecular flexibility index (Phi) is 4.04. The molecule has 96 valence electrons. The highest BCUT2D eigenvalue weighted by molar-refractivity contribution is 7.08. The summed E-state index contributed by atoms with van der Waals surface area (Å²) in [5.74, 6) is 0. The van der Waals surface area contributed by atoms with Crippen LogP contribution in [0.25, 0.3) is 0 Å². The fraction of sp³-hybridized carbons (Fsp3) is 0.333. The normalized spacial score (nSPS) is 12.4. The SMILES string of the molecule is Cc1cc(C)cc(N(C)C(CN)c2ccsc2)c1. The van der Waals surface area contributed by atoms with E-state index in [1.165, 1.54) is 22.4 Å². The second-order valence-electron chi connectivity index (χ2n) is 4.77. The maximum atomic E-state index is 5.94. The van der Waals surface area contributed by atoms with Crippen molar-refractivity contribution in [2.75, 3.05) is 18.5 Å². The first kappa shape index (κ1) is 13.1. The van der Waals surface area contributed by atoms with Crippen LogP contribution in [0.1, 0.15) is 22.7 Å². The fourth-order valence-corrected chi connectivity index (χ4v) is 3.02. The molecule has 0 spiro atoms. The molecule has 0 aliphatic carbocycles. The lowest BCUT2D eigenvalue weighted by molar-refractivity contribution is 0.683. The summed E-state index contributed by atoms with van der Waals surface area (Å²) in [5, 5.41) is 4.28. The first-order valence-corrected chi connectivity index (χ1v) is 7.09. The van der Waals surface area contributed by atoms with Crippen LogP contribution in [0.3, 0.4) is 0 Å². The van der Waals surface area contributed by atoms with Gasteiger partial charge in [-0.1, -0.05) is 6.07 Å². The molecule has 3 heteroatoms. The maximum Gasteiger partial charge on any atom is 0.0669 e. The third kappa shape index (κ3) is 2.74. The number of thiophene rings is 1. The van der Waals surface area contributed by atoms with Crippen LogP contribution in [-0.4, -0.2) is 13.6 Å². The molecule has 0 saturated carbocycles. The van der Waals surface area contributed by atoms with Crippen molar-refractivity contribution in [2.24, 2.45) is 5.73 Å². The first-order valence-electron chi connectivity index (χ1n) is 6.15. The largest absolute Gasteiger partial charge is 0.366 e. The smallest absolute Gasteiger partial charge is 0.0669 e. The van der Waals surface area contributed by atoms with Crippen LogP contribution in [0.2, 0.25) is 0 Å². The van der Waals surface area contributed by atoms with Gasteiger partial charge in [-0.2, -0.15) is 11.3 Å². The number of rotatable bonds is 4. The molecule has 2 rings (SSSR count). The average Bonchev–Trinajstić information content (AvgIpc) is 2.82. The summed E-state index contributed by atoms with van der Waals surface area (Å²) < 4.78 is 0. The van der Waals surface area contributed by atoms with E-state index in [1.807, 2.05) is 0 Å². The van der Waals surface area contributed by atoms with Crippen molar-refractivity contribution >= 4 is 17.0 Å². The maximum absolute atomic E-state index is 5.94. The van der Waals surface area contributed by atoms with E-state index in [-0.39, 0.29) is 6.04 Å². The van der Waals surface area contributed by atoms with Gasteiger partial charge in [0.2, 0.25) is 0 Å². The molecule has 1 aromatic heterocycles. The topological polar surface area (TPSA) is 29.3 Å². The predicted molar refractivity (Wildman–Crippen MR) is 80.4 cm³/mol. The zero-order chi connectivity index (χ0) is 13.1. The highest BCUT2D eigenvalue weighted by Gasteiger charge is 2.16. The van der Waals surface area contributed by atoms with E-state index in [0.29, 0.717) is 6.54 Å². The molecule has 1 aromatic carbocycles. The lowest BCUT2D eigenvalue weighted by Gasteiger charge is -2.29. The highest BCUT2D eigenvalue weighted by atomic mass is 32.1. The molecular weight excluding hydrogens is 240 g/mol. The Morgan fingerprint density at radius 2 is 1.89 bits per heavy atom. The van der Waals surface area contributed by atoms with Crippen molar-refractivity contribution in [3.8, 4) is 0 Å². The second kappa shape index (κ2) is 5.55. The van der Waals surface area contributed by atoms with E-state index in [2.05, 4.69) is 60.8 Å². The molecule has 0 radical (unpaired) electrons. The van der Waals surface area contributed by atoms with Crippen molar-refractivity contribution in [2.45, 2.75) is 19.9 Å². The molecule has 18 heavy (non-hydrogen) atoms. The minimum Gasteiger partial charge on any atom is -0.366 e. The Bertz CT molecular complexity index is 485. The molecule has 2 N–H and O–H groups in total. The first-order chi connectivity index (χ1) is 8.61. The van der Waals surface area contributed by atoms with E-state index < -0.39 is 0 Å². The van der Waals surface area contributed by atoms with E-state index >= 15 is 0 Å². The zero-order valence-electron chi connectivity index (χ0n) is 11.2. The van der Waals surface area contributed by atoms with Crippen LogP contribution in [0.15, 0.2) is 35.0 Å². The minimum absolute atomic E-state index is 0.248. The van der Waals surface area contributed by atoms with Crippen LogP contribution in [0.4, 0.5) is 5.69 Å². The van der Waals surface area contributed by atoms with E-state index in [1.54, 1.807) is 11.3 Å². The Hall–Kier alpha value is -1.32. The van der Waals surface area contributed by atoms with Crippen LogP contribution >= 0.6 is 11.3 Å². The summed E-state index contributed by atoms with van der Waals surface area (Å²) in [4.78, 5) is 2.27. The molecule has 0 aliphatic heterocycles. The van der Waals surface area contributed by atoms with Gasteiger partial charge in [0.05, 0.1) is 6.04 Å². The van der Waals surface area contributed by atoms with Crippen LogP contribution in [0.5, 0.6) is 0 Å². The van der Waals surface area contributed by atoms with E-state index in [9.17, 15) is 0 Å². The van der Waals surface area contributed by atoms with Crippen molar-refractivity contribution < 1.29 is 0 Å². The zero-order valence-corrected chi connectivity index (χ0v) is 12.0. The number of aryl methyl sites for hydroxylation is 2. The molecule has 1 heterocycles. The van der Waals surface area contributed by atoms with Gasteiger partial charge in [0, 0.05) is 19.3 Å². The van der Waals surface area contributed by atoms with Gasteiger partial charge in [-0.05, 0) is 59.5 Å². The van der Waals surface area contributed by atoms with Crippen molar-refractivity contribution in [1.82, 2.24) is 0 Å². The molecule has 0 aliphatic rings. The molecule has 1 atom stereocenters. The van der Waals surface area contributed by atoms with E-state index in [4.69, 9.17) is 5.73 Å². The Labute approximate surface area is 113 Å². The molecule has 0 bridgehead atoms. The predicted octanol–water partition coefficient (Wildman–Crippen LogP) is 3.50. The van der Waals surface area contributed by atoms with Gasteiger partial charge in [-0.3, -0.25) is 0 Å². The molecule has 1 unspecified atom stereocenters. The summed E-state index contributed by atoms with van der Waals surface area (Å²) in [6.07, 6.45) is 0. The summed E-state index contributed by atoms with van der Waals surface area (Å²) in [5.41, 5.74) is 11.0. The van der Waals surface area contributed by atoms with Crippen molar-refractivity contribution in [3.05, 3.63) is 51.7 Å². The Morgan fingerprint density at radius 3 is 2.39 bits per heavy atom. The molecule has 0 fully saturated rings. The Balaban J connectivity index is 2.31. The van der Waals surface area contributed by atoms with Crippen LogP contribution in [-0.2, 0) is 0 Å². The van der Waals surface area contributed by atoms with E-state index in [0.717, 1.165) is 0 Å². The van der Waals surface area contributed by atoms with Gasteiger partial charge < -0.3 is 10.6 Å². The molecular formula is C15H20N2S. The van der Waals surface area contributed by atoms with Gasteiger partial charge in [-0.15, -0.1) is 0 Å². The number of hydrogen-bond donors (Lipinski definition) is 1. The fourth-order valence-electron chi connectivity index (χ4n) is 2.32. The van der Waals surface area contributed by atoms with Crippen molar-refractivity contribution in [3.63, 3.8) is 0 Å². The van der Waals surface area contributed by atoms with Crippen molar-refractivity contribution in [1.29, 1.82) is 0 Å².